The molecule has 1 aromatic heterocycles. The minimum Gasteiger partial charge on any atom is -0.361 e. The van der Waals surface area contributed by atoms with Crippen molar-refractivity contribution in [1.82, 2.24) is 9.97 Å². The molecule has 0 aliphatic rings. The first-order chi connectivity index (χ1) is 8.86. The summed E-state index contributed by atoms with van der Waals surface area (Å²) in [5.74, 6) is -5.76. The molecule has 1 aromatic rings. The molecule has 1 rings (SSSR count). The maximum atomic E-state index is 13.2. The highest BCUT2D eigenvalue weighted by molar-refractivity contribution is 5.41. The van der Waals surface area contributed by atoms with Gasteiger partial charge in [0.1, 0.15) is 0 Å². The summed E-state index contributed by atoms with van der Waals surface area (Å²) in [6, 6.07) is 0. The van der Waals surface area contributed by atoms with E-state index in [2.05, 4.69) is 15.3 Å². The summed E-state index contributed by atoms with van der Waals surface area (Å²) in [5.41, 5.74) is 0. The van der Waals surface area contributed by atoms with Gasteiger partial charge in [-0.25, -0.2) is 18.2 Å². The lowest BCUT2D eigenvalue weighted by Gasteiger charge is -2.16. The normalized spacial score (nSPS) is 11.7. The van der Waals surface area contributed by atoms with Crippen molar-refractivity contribution < 1.29 is 22.0 Å². The average molecular weight is 284 g/mol. The predicted molar refractivity (Wildman–Crippen MR) is 60.2 cm³/mol. The second-order valence-electron chi connectivity index (χ2n) is 3.73. The largest absolute Gasteiger partial charge is 0.361 e. The Balaban J connectivity index is 2.71. The van der Waals surface area contributed by atoms with E-state index in [1.165, 1.54) is 0 Å². The van der Waals surface area contributed by atoms with Gasteiger partial charge in [0.2, 0.25) is 5.95 Å². The number of hydrogen-bond acceptors (Lipinski definition) is 4. The molecule has 1 heterocycles. The van der Waals surface area contributed by atoms with Gasteiger partial charge in [-0.05, 0) is 6.42 Å². The minimum atomic E-state index is -4.26. The van der Waals surface area contributed by atoms with Crippen LogP contribution < -0.4 is 10.6 Å². The molecule has 0 aromatic carbocycles. The van der Waals surface area contributed by atoms with Gasteiger partial charge in [0, 0.05) is 6.54 Å². The van der Waals surface area contributed by atoms with Gasteiger partial charge < -0.3 is 10.6 Å². The lowest BCUT2D eigenvalue weighted by atomic mass is 10.3. The highest BCUT2D eigenvalue weighted by Gasteiger charge is 2.40. The molecule has 0 bridgehead atoms. The quantitative estimate of drug-likeness (QED) is 0.756. The van der Waals surface area contributed by atoms with Crippen LogP contribution in [0.5, 0.6) is 0 Å². The first-order valence-electron chi connectivity index (χ1n) is 5.53. The summed E-state index contributed by atoms with van der Waals surface area (Å²) in [7, 11) is 0. The Kier molecular flexibility index (Phi) is 5.25. The van der Waals surface area contributed by atoms with E-state index in [0.29, 0.717) is 6.54 Å². The van der Waals surface area contributed by atoms with Gasteiger partial charge in [-0.1, -0.05) is 6.92 Å². The fraction of sp³-hybridized carbons (Fsp3) is 0.600. The Morgan fingerprint density at radius 1 is 1.32 bits per heavy atom. The molecule has 0 spiro atoms. The van der Waals surface area contributed by atoms with Crippen molar-refractivity contribution in [2.45, 2.75) is 25.7 Å². The molecule has 9 heteroatoms. The molecule has 0 amide bonds. The molecule has 0 radical (unpaired) electrons. The second-order valence-corrected chi connectivity index (χ2v) is 3.73. The zero-order chi connectivity index (χ0) is 14.5. The van der Waals surface area contributed by atoms with Crippen molar-refractivity contribution in [3.63, 3.8) is 0 Å². The lowest BCUT2D eigenvalue weighted by molar-refractivity contribution is -0.117. The summed E-state index contributed by atoms with van der Waals surface area (Å²) in [6.45, 7) is 0.975. The van der Waals surface area contributed by atoms with Gasteiger partial charge in [-0.2, -0.15) is 13.8 Å². The van der Waals surface area contributed by atoms with Gasteiger partial charge in [0.25, 0.3) is 0 Å². The van der Waals surface area contributed by atoms with Gasteiger partial charge in [-0.15, -0.1) is 0 Å². The number of halogens is 5. The minimum absolute atomic E-state index is 0.0334. The smallest absolute Gasteiger partial charge is 0.324 e. The lowest BCUT2D eigenvalue weighted by Crippen LogP contribution is -2.35. The third kappa shape index (κ3) is 4.49. The zero-order valence-electron chi connectivity index (χ0n) is 10.1. The summed E-state index contributed by atoms with van der Waals surface area (Å²) in [5, 5.41) is 4.57. The molecule has 2 N–H and O–H groups in total. The summed E-state index contributed by atoms with van der Waals surface area (Å²) >= 11 is 0. The molecule has 0 saturated heterocycles. The molecule has 0 aliphatic carbocycles. The predicted octanol–water partition coefficient (Wildman–Crippen LogP) is 2.75. The number of nitrogens with one attached hydrogen (secondary N) is 2. The number of alkyl halides is 4. The SMILES string of the molecule is CCCNc1ncc(F)c(NCC(F)(F)C(F)F)n1. The van der Waals surface area contributed by atoms with Crippen molar-refractivity contribution in [3.8, 4) is 0 Å². The van der Waals surface area contributed by atoms with Gasteiger partial charge in [0.15, 0.2) is 11.6 Å². The molecule has 0 atom stereocenters. The molecule has 108 valence electrons. The van der Waals surface area contributed by atoms with E-state index >= 15 is 0 Å². The maximum Gasteiger partial charge on any atom is 0.324 e. The number of rotatable bonds is 7. The highest BCUT2D eigenvalue weighted by atomic mass is 19.3. The van der Waals surface area contributed by atoms with Crippen LogP contribution in [0.3, 0.4) is 0 Å². The molecule has 19 heavy (non-hydrogen) atoms. The average Bonchev–Trinajstić information content (AvgIpc) is 2.36. The molecular weight excluding hydrogens is 271 g/mol. The molecule has 0 aliphatic heterocycles. The highest BCUT2D eigenvalue weighted by Crippen LogP contribution is 2.23. The molecule has 0 fully saturated rings. The van der Waals surface area contributed by atoms with Gasteiger partial charge in [0.05, 0.1) is 12.7 Å². The third-order valence-electron chi connectivity index (χ3n) is 2.09. The Morgan fingerprint density at radius 3 is 2.58 bits per heavy atom. The topological polar surface area (TPSA) is 49.8 Å². The number of hydrogen-bond donors (Lipinski definition) is 2. The second kappa shape index (κ2) is 6.48. The van der Waals surface area contributed by atoms with E-state index in [1.54, 1.807) is 0 Å². The van der Waals surface area contributed by atoms with Crippen LogP contribution in [0.4, 0.5) is 33.7 Å². The molecular formula is C10H13F5N4. The fourth-order valence-electron chi connectivity index (χ4n) is 1.09. The van der Waals surface area contributed by atoms with Gasteiger partial charge >= 0.3 is 12.3 Å². The summed E-state index contributed by atoms with van der Waals surface area (Å²) < 4.78 is 62.4. The fourth-order valence-corrected chi connectivity index (χ4v) is 1.09. The van der Waals surface area contributed by atoms with E-state index in [0.717, 1.165) is 12.6 Å². The zero-order valence-corrected chi connectivity index (χ0v) is 10.1. The number of aromatic nitrogens is 2. The number of anilines is 2. The van der Waals surface area contributed by atoms with Crippen LogP contribution in [0.15, 0.2) is 6.20 Å². The Hall–Kier alpha value is -1.67. The van der Waals surface area contributed by atoms with Crippen LogP contribution in [0, 0.1) is 5.82 Å². The van der Waals surface area contributed by atoms with E-state index in [1.807, 2.05) is 12.2 Å². The monoisotopic (exact) mass is 284 g/mol. The van der Waals surface area contributed by atoms with Crippen molar-refractivity contribution in [3.05, 3.63) is 12.0 Å². The Bertz CT molecular complexity index is 413. The summed E-state index contributed by atoms with van der Waals surface area (Å²) in [6.07, 6.45) is -2.30. The van der Waals surface area contributed by atoms with Crippen LogP contribution in [-0.2, 0) is 0 Å². The first kappa shape index (κ1) is 15.4. The summed E-state index contributed by atoms with van der Waals surface area (Å²) in [4.78, 5) is 7.17. The van der Waals surface area contributed by atoms with Crippen LogP contribution >= 0.6 is 0 Å². The van der Waals surface area contributed by atoms with Crippen LogP contribution in [0.1, 0.15) is 13.3 Å². The van der Waals surface area contributed by atoms with E-state index < -0.39 is 30.5 Å². The number of nitrogens with zero attached hydrogens (tertiary/aromatic N) is 2. The van der Waals surface area contributed by atoms with Crippen LogP contribution in [-0.4, -0.2) is 35.4 Å². The van der Waals surface area contributed by atoms with Crippen LogP contribution in [0.25, 0.3) is 0 Å². The van der Waals surface area contributed by atoms with E-state index in [-0.39, 0.29) is 5.95 Å². The van der Waals surface area contributed by atoms with E-state index in [9.17, 15) is 22.0 Å². The van der Waals surface area contributed by atoms with Gasteiger partial charge in [-0.3, -0.25) is 0 Å². The van der Waals surface area contributed by atoms with Crippen molar-refractivity contribution in [2.75, 3.05) is 23.7 Å². The van der Waals surface area contributed by atoms with Crippen LogP contribution in [0.2, 0.25) is 0 Å². The maximum absolute atomic E-state index is 13.2. The third-order valence-corrected chi connectivity index (χ3v) is 2.09. The Morgan fingerprint density at radius 2 is 2.00 bits per heavy atom. The standard InChI is InChI=1S/C10H13F5N4/c1-2-3-16-9-17-4-6(11)7(19-9)18-5-10(14,15)8(12)13/h4,8H,2-3,5H2,1H3,(H2,16,17,18,19). The molecule has 0 saturated carbocycles. The molecule has 4 nitrogen and oxygen atoms in total. The Labute approximate surface area is 106 Å². The van der Waals surface area contributed by atoms with E-state index in [4.69, 9.17) is 0 Å². The van der Waals surface area contributed by atoms with Crippen molar-refractivity contribution >= 4 is 11.8 Å². The van der Waals surface area contributed by atoms with Crippen molar-refractivity contribution in [2.24, 2.45) is 0 Å². The van der Waals surface area contributed by atoms with Crippen molar-refractivity contribution in [1.29, 1.82) is 0 Å². The first-order valence-corrected chi connectivity index (χ1v) is 5.53. The molecule has 0 unspecified atom stereocenters.